The number of fused-ring (bicyclic) bond motifs is 3. The SMILES string of the molecule is CC(C)c1cc(N2CCN(C(c3ccccc3)c3ccccc3)CC2)n2c(nc3ccccc32)c1C#N. The second-order valence-electron chi connectivity index (χ2n) is 10.1. The van der Waals surface area contributed by atoms with Crippen LogP contribution in [0.25, 0.3) is 16.7 Å². The molecular formula is C32H31N5. The van der Waals surface area contributed by atoms with Crippen molar-refractivity contribution >= 4 is 22.5 Å². The Bertz CT molecular complexity index is 1530. The molecule has 1 aliphatic heterocycles. The van der Waals surface area contributed by atoms with Crippen molar-refractivity contribution in [2.75, 3.05) is 31.1 Å². The van der Waals surface area contributed by atoms with E-state index in [4.69, 9.17) is 4.98 Å². The number of hydrogen-bond donors (Lipinski definition) is 0. The van der Waals surface area contributed by atoms with E-state index in [1.54, 1.807) is 0 Å². The van der Waals surface area contributed by atoms with Crippen molar-refractivity contribution in [3.63, 3.8) is 0 Å². The van der Waals surface area contributed by atoms with E-state index in [1.807, 2.05) is 18.2 Å². The molecule has 5 heteroatoms. The summed E-state index contributed by atoms with van der Waals surface area (Å²) >= 11 is 0. The number of nitriles is 1. The number of piperazine rings is 1. The zero-order valence-electron chi connectivity index (χ0n) is 21.4. The highest BCUT2D eigenvalue weighted by molar-refractivity contribution is 5.85. The van der Waals surface area contributed by atoms with Gasteiger partial charge >= 0.3 is 0 Å². The quantitative estimate of drug-likeness (QED) is 0.289. The van der Waals surface area contributed by atoms with Crippen LogP contribution in [0, 0.1) is 11.3 Å². The Labute approximate surface area is 218 Å². The molecule has 6 rings (SSSR count). The van der Waals surface area contributed by atoms with Gasteiger partial charge in [0.25, 0.3) is 0 Å². The highest BCUT2D eigenvalue weighted by Crippen LogP contribution is 2.34. The lowest BCUT2D eigenvalue weighted by Crippen LogP contribution is -2.48. The third-order valence-electron chi connectivity index (χ3n) is 7.55. The fraction of sp³-hybridized carbons (Fsp3) is 0.250. The molecular weight excluding hydrogens is 454 g/mol. The van der Waals surface area contributed by atoms with E-state index in [9.17, 15) is 5.26 Å². The first-order valence-electron chi connectivity index (χ1n) is 13.1. The molecule has 3 heterocycles. The van der Waals surface area contributed by atoms with Crippen LogP contribution < -0.4 is 4.90 Å². The predicted octanol–water partition coefficient (Wildman–Crippen LogP) is 6.39. The first-order valence-corrected chi connectivity index (χ1v) is 13.1. The molecule has 2 aromatic heterocycles. The van der Waals surface area contributed by atoms with Crippen molar-refractivity contribution in [2.24, 2.45) is 0 Å². The van der Waals surface area contributed by atoms with Gasteiger partial charge in [-0.05, 0) is 40.8 Å². The van der Waals surface area contributed by atoms with Crippen LogP contribution in [0.3, 0.4) is 0 Å². The van der Waals surface area contributed by atoms with Gasteiger partial charge in [0, 0.05) is 26.2 Å². The summed E-state index contributed by atoms with van der Waals surface area (Å²) in [5.74, 6) is 1.36. The molecule has 5 nitrogen and oxygen atoms in total. The molecule has 1 saturated heterocycles. The van der Waals surface area contributed by atoms with Crippen LogP contribution in [0.2, 0.25) is 0 Å². The van der Waals surface area contributed by atoms with E-state index in [1.165, 1.54) is 11.1 Å². The fourth-order valence-electron chi connectivity index (χ4n) is 5.73. The molecule has 37 heavy (non-hydrogen) atoms. The molecule has 0 atom stereocenters. The Morgan fingerprint density at radius 1 is 0.784 bits per heavy atom. The monoisotopic (exact) mass is 485 g/mol. The average molecular weight is 486 g/mol. The van der Waals surface area contributed by atoms with Gasteiger partial charge in [0.15, 0.2) is 5.65 Å². The van der Waals surface area contributed by atoms with Gasteiger partial charge in [-0.25, -0.2) is 4.98 Å². The van der Waals surface area contributed by atoms with Gasteiger partial charge in [0.1, 0.15) is 11.9 Å². The lowest BCUT2D eigenvalue weighted by Gasteiger charge is -2.41. The summed E-state index contributed by atoms with van der Waals surface area (Å²) in [5.41, 5.74) is 7.13. The maximum absolute atomic E-state index is 10.1. The number of rotatable bonds is 5. The Morgan fingerprint density at radius 3 is 1.97 bits per heavy atom. The average Bonchev–Trinajstić information content (AvgIpc) is 3.33. The normalized spacial score (nSPS) is 14.6. The Hall–Kier alpha value is -4.14. The van der Waals surface area contributed by atoms with Crippen LogP contribution >= 0.6 is 0 Å². The van der Waals surface area contributed by atoms with E-state index < -0.39 is 0 Å². The molecule has 0 radical (unpaired) electrons. The van der Waals surface area contributed by atoms with Gasteiger partial charge in [-0.1, -0.05) is 86.6 Å². The molecule has 0 unspecified atom stereocenters. The van der Waals surface area contributed by atoms with Crippen LogP contribution in [-0.2, 0) is 0 Å². The van der Waals surface area contributed by atoms with Gasteiger partial charge < -0.3 is 4.90 Å². The third-order valence-corrected chi connectivity index (χ3v) is 7.55. The van der Waals surface area contributed by atoms with Gasteiger partial charge in [0.2, 0.25) is 0 Å². The summed E-state index contributed by atoms with van der Waals surface area (Å²) in [6.07, 6.45) is 0. The van der Waals surface area contributed by atoms with Crippen molar-refractivity contribution in [1.82, 2.24) is 14.3 Å². The van der Waals surface area contributed by atoms with Crippen LogP contribution in [0.1, 0.15) is 48.1 Å². The number of para-hydroxylation sites is 2. The second kappa shape index (κ2) is 9.72. The lowest BCUT2D eigenvalue weighted by molar-refractivity contribution is 0.212. The summed E-state index contributed by atoms with van der Waals surface area (Å²) in [7, 11) is 0. The molecule has 0 bridgehead atoms. The number of aromatic nitrogens is 2. The zero-order chi connectivity index (χ0) is 25.4. The minimum atomic E-state index is 0.228. The number of anilines is 1. The highest BCUT2D eigenvalue weighted by Gasteiger charge is 2.28. The number of pyridine rings is 1. The molecule has 184 valence electrons. The van der Waals surface area contributed by atoms with Gasteiger partial charge in [-0.3, -0.25) is 9.30 Å². The number of hydrogen-bond acceptors (Lipinski definition) is 4. The van der Waals surface area contributed by atoms with Crippen molar-refractivity contribution < 1.29 is 0 Å². The first-order chi connectivity index (χ1) is 18.2. The molecule has 3 aromatic carbocycles. The van der Waals surface area contributed by atoms with Crippen molar-refractivity contribution in [3.05, 3.63) is 113 Å². The van der Waals surface area contributed by atoms with Crippen molar-refractivity contribution in [2.45, 2.75) is 25.8 Å². The minimum absolute atomic E-state index is 0.228. The zero-order valence-corrected chi connectivity index (χ0v) is 21.4. The van der Waals surface area contributed by atoms with E-state index in [0.717, 1.165) is 54.2 Å². The minimum Gasteiger partial charge on any atom is -0.355 e. The first kappa shape index (κ1) is 23.3. The summed E-state index contributed by atoms with van der Waals surface area (Å²) in [6.45, 7) is 8.00. The number of benzene rings is 3. The topological polar surface area (TPSA) is 47.6 Å². The smallest absolute Gasteiger partial charge is 0.157 e. The molecule has 0 amide bonds. The molecule has 5 aromatic rings. The molecule has 0 aliphatic carbocycles. The van der Waals surface area contributed by atoms with E-state index >= 15 is 0 Å². The summed E-state index contributed by atoms with van der Waals surface area (Å²) in [6, 6.07) is 34.7. The second-order valence-corrected chi connectivity index (χ2v) is 10.1. The van der Waals surface area contributed by atoms with Crippen LogP contribution in [-0.4, -0.2) is 40.5 Å². The van der Waals surface area contributed by atoms with Crippen molar-refractivity contribution in [3.8, 4) is 6.07 Å². The summed E-state index contributed by atoms with van der Waals surface area (Å²) < 4.78 is 2.20. The van der Waals surface area contributed by atoms with E-state index in [2.05, 4.69) is 107 Å². The largest absolute Gasteiger partial charge is 0.355 e. The van der Waals surface area contributed by atoms with E-state index in [-0.39, 0.29) is 12.0 Å². The van der Waals surface area contributed by atoms with Gasteiger partial charge in [-0.15, -0.1) is 0 Å². The van der Waals surface area contributed by atoms with Gasteiger partial charge in [-0.2, -0.15) is 5.26 Å². The molecule has 0 saturated carbocycles. The summed E-state index contributed by atoms with van der Waals surface area (Å²) in [5, 5.41) is 10.1. The van der Waals surface area contributed by atoms with E-state index in [0.29, 0.717) is 5.56 Å². The maximum atomic E-state index is 10.1. The Kier molecular flexibility index (Phi) is 6.12. The van der Waals surface area contributed by atoms with Crippen LogP contribution in [0.15, 0.2) is 91.0 Å². The number of imidazole rings is 1. The third kappa shape index (κ3) is 4.14. The maximum Gasteiger partial charge on any atom is 0.157 e. The molecule has 0 spiro atoms. The highest BCUT2D eigenvalue weighted by atomic mass is 15.3. The standard InChI is InChI=1S/C32H31N5/c1-23(2)26-21-30(37-29-16-10-9-15-28(29)34-32(37)27(26)22-33)35-17-19-36(20-18-35)31(24-11-5-3-6-12-24)25-13-7-4-8-14-25/h3-16,21,23,31H,17-20H2,1-2H3. The fourth-order valence-corrected chi connectivity index (χ4v) is 5.73. The van der Waals surface area contributed by atoms with Gasteiger partial charge in [0.05, 0.1) is 22.6 Å². The Morgan fingerprint density at radius 2 is 1.38 bits per heavy atom. The predicted molar refractivity (Wildman–Crippen MR) is 150 cm³/mol. The van der Waals surface area contributed by atoms with Crippen LogP contribution in [0.4, 0.5) is 5.82 Å². The van der Waals surface area contributed by atoms with Crippen LogP contribution in [0.5, 0.6) is 0 Å². The molecule has 1 fully saturated rings. The number of nitrogens with zero attached hydrogens (tertiary/aromatic N) is 5. The molecule has 0 N–H and O–H groups in total. The van der Waals surface area contributed by atoms with Crippen molar-refractivity contribution in [1.29, 1.82) is 5.26 Å². The lowest BCUT2D eigenvalue weighted by atomic mass is 9.96. The molecule has 1 aliphatic rings. The Balaban J connectivity index is 1.39. The summed E-state index contributed by atoms with van der Waals surface area (Å²) in [4.78, 5) is 9.97.